The maximum absolute atomic E-state index is 5.24. The Morgan fingerprint density at radius 3 is 3.00 bits per heavy atom. The van der Waals surface area contributed by atoms with Crippen molar-refractivity contribution in [1.82, 2.24) is 4.98 Å². The van der Waals surface area contributed by atoms with E-state index in [1.54, 1.807) is 7.11 Å². The van der Waals surface area contributed by atoms with Gasteiger partial charge in [0.05, 0.1) is 7.11 Å². The van der Waals surface area contributed by atoms with Crippen LogP contribution in [0.3, 0.4) is 0 Å². The molecule has 1 aromatic heterocycles. The van der Waals surface area contributed by atoms with Crippen LogP contribution in [0.25, 0.3) is 10.9 Å². The van der Waals surface area contributed by atoms with E-state index in [-0.39, 0.29) is 0 Å². The van der Waals surface area contributed by atoms with Crippen LogP contribution in [0.1, 0.15) is 5.69 Å². The lowest BCUT2D eigenvalue weighted by atomic mass is 10.2. The molecule has 0 radical (unpaired) electrons. The second-order valence-electron chi connectivity index (χ2n) is 3.13. The molecule has 0 fully saturated rings. The minimum Gasteiger partial charge on any atom is -0.497 e. The smallest absolute Gasteiger partial charge is 0.119 e. The Balaban J connectivity index is 2.50. The Hall–Kier alpha value is -1.88. The van der Waals surface area contributed by atoms with E-state index < -0.39 is 0 Å². The molecule has 2 heteroatoms. The van der Waals surface area contributed by atoms with Crippen LogP contribution < -0.4 is 4.74 Å². The molecule has 2 nitrogen and oxygen atoms in total. The zero-order valence-corrected chi connectivity index (χ0v) is 8.00. The number of ether oxygens (including phenoxy) is 1. The summed E-state index contributed by atoms with van der Waals surface area (Å²) >= 11 is 0. The third-order valence-corrected chi connectivity index (χ3v) is 2.18. The van der Waals surface area contributed by atoms with Crippen LogP contribution in [0.15, 0.2) is 24.3 Å². The second kappa shape index (κ2) is 3.47. The van der Waals surface area contributed by atoms with Gasteiger partial charge in [-0.2, -0.15) is 0 Å². The highest BCUT2D eigenvalue weighted by molar-refractivity contribution is 5.82. The Bertz CT molecular complexity index is 490. The van der Waals surface area contributed by atoms with E-state index in [0.717, 1.165) is 22.3 Å². The molecule has 0 saturated heterocycles. The molecule has 0 spiro atoms. The van der Waals surface area contributed by atoms with Crippen molar-refractivity contribution < 1.29 is 4.74 Å². The van der Waals surface area contributed by atoms with Gasteiger partial charge in [0, 0.05) is 23.0 Å². The highest BCUT2D eigenvalue weighted by atomic mass is 16.5. The number of rotatable bonds is 2. The van der Waals surface area contributed by atoms with Crippen molar-refractivity contribution in [2.75, 3.05) is 7.11 Å². The van der Waals surface area contributed by atoms with Gasteiger partial charge in [-0.05, 0) is 24.3 Å². The fraction of sp³-hybridized carbons (Fsp3) is 0.167. The van der Waals surface area contributed by atoms with Gasteiger partial charge in [-0.25, -0.2) is 0 Å². The van der Waals surface area contributed by atoms with Crippen LogP contribution in [0.2, 0.25) is 0 Å². The van der Waals surface area contributed by atoms with Gasteiger partial charge in [0.25, 0.3) is 0 Å². The minimum atomic E-state index is 0.636. The van der Waals surface area contributed by atoms with E-state index in [2.05, 4.69) is 17.0 Å². The van der Waals surface area contributed by atoms with Crippen molar-refractivity contribution in [2.45, 2.75) is 6.42 Å². The summed E-state index contributed by atoms with van der Waals surface area (Å²) in [6.45, 7) is 0. The highest BCUT2D eigenvalue weighted by Gasteiger charge is 2.00. The van der Waals surface area contributed by atoms with E-state index in [0.29, 0.717) is 6.42 Å². The number of aromatic amines is 1. The highest BCUT2D eigenvalue weighted by Crippen LogP contribution is 2.21. The van der Waals surface area contributed by atoms with Crippen molar-refractivity contribution >= 4 is 10.9 Å². The predicted molar refractivity (Wildman–Crippen MR) is 57.4 cm³/mol. The van der Waals surface area contributed by atoms with E-state index in [1.165, 1.54) is 0 Å². The summed E-state index contributed by atoms with van der Waals surface area (Å²) < 4.78 is 5.14. The van der Waals surface area contributed by atoms with Gasteiger partial charge in [0.15, 0.2) is 0 Å². The van der Waals surface area contributed by atoms with Gasteiger partial charge in [0.1, 0.15) is 5.75 Å². The number of fused-ring (bicyclic) bond motifs is 1. The maximum atomic E-state index is 5.24. The normalized spacial score (nSPS) is 10.0. The fourth-order valence-corrected chi connectivity index (χ4v) is 1.50. The first-order valence-electron chi connectivity index (χ1n) is 4.42. The molecule has 2 rings (SSSR count). The first kappa shape index (κ1) is 8.71. The molecule has 0 aliphatic heterocycles. The number of H-pyrrole nitrogens is 1. The van der Waals surface area contributed by atoms with Gasteiger partial charge in [-0.15, -0.1) is 12.3 Å². The van der Waals surface area contributed by atoms with Crippen molar-refractivity contribution in [3.05, 3.63) is 30.0 Å². The fourth-order valence-electron chi connectivity index (χ4n) is 1.50. The molecule has 14 heavy (non-hydrogen) atoms. The van der Waals surface area contributed by atoms with Gasteiger partial charge in [-0.1, -0.05) is 0 Å². The molecular weight excluding hydrogens is 174 g/mol. The van der Waals surface area contributed by atoms with Crippen molar-refractivity contribution in [1.29, 1.82) is 0 Å². The summed E-state index contributed by atoms with van der Waals surface area (Å²) in [4.78, 5) is 3.25. The molecule has 2 aromatic rings. The molecule has 0 amide bonds. The monoisotopic (exact) mass is 185 g/mol. The van der Waals surface area contributed by atoms with Crippen LogP contribution >= 0.6 is 0 Å². The number of hydrogen-bond donors (Lipinski definition) is 1. The molecule has 0 saturated carbocycles. The Morgan fingerprint density at radius 1 is 1.43 bits per heavy atom. The zero-order valence-electron chi connectivity index (χ0n) is 8.00. The number of aromatic nitrogens is 1. The van der Waals surface area contributed by atoms with E-state index in [4.69, 9.17) is 11.2 Å². The number of benzene rings is 1. The summed E-state index contributed by atoms with van der Waals surface area (Å²) in [7, 11) is 1.66. The van der Waals surface area contributed by atoms with Crippen molar-refractivity contribution in [3.8, 4) is 18.1 Å². The van der Waals surface area contributed by atoms with E-state index in [9.17, 15) is 0 Å². The van der Waals surface area contributed by atoms with Crippen LogP contribution in [0.4, 0.5) is 0 Å². The zero-order chi connectivity index (χ0) is 9.97. The summed E-state index contributed by atoms with van der Waals surface area (Å²) in [5.74, 6) is 3.48. The molecule has 70 valence electrons. The molecule has 0 aliphatic rings. The van der Waals surface area contributed by atoms with Crippen molar-refractivity contribution in [2.24, 2.45) is 0 Å². The lowest BCUT2D eigenvalue weighted by molar-refractivity contribution is 0.415. The lowest BCUT2D eigenvalue weighted by Crippen LogP contribution is -1.80. The Morgan fingerprint density at radius 2 is 2.29 bits per heavy atom. The topological polar surface area (TPSA) is 25.0 Å². The van der Waals surface area contributed by atoms with Crippen LogP contribution in [0, 0.1) is 12.3 Å². The average Bonchev–Trinajstić information content (AvgIpc) is 2.59. The van der Waals surface area contributed by atoms with Gasteiger partial charge < -0.3 is 9.72 Å². The summed E-state index contributed by atoms with van der Waals surface area (Å²) in [5.41, 5.74) is 2.16. The third kappa shape index (κ3) is 1.45. The van der Waals surface area contributed by atoms with Gasteiger partial charge in [0.2, 0.25) is 0 Å². The maximum Gasteiger partial charge on any atom is 0.119 e. The van der Waals surface area contributed by atoms with Crippen LogP contribution in [-0.4, -0.2) is 12.1 Å². The summed E-state index contributed by atoms with van der Waals surface area (Å²) in [6, 6.07) is 7.97. The number of methoxy groups -OCH3 is 1. The van der Waals surface area contributed by atoms with Crippen LogP contribution in [0.5, 0.6) is 5.75 Å². The summed E-state index contributed by atoms with van der Waals surface area (Å²) in [5, 5.41) is 1.13. The molecule has 0 atom stereocenters. The quantitative estimate of drug-likeness (QED) is 0.714. The SMILES string of the molecule is C#CCc1cc2cc(OC)ccc2[nH]1. The lowest BCUT2D eigenvalue weighted by Gasteiger charge is -1.97. The third-order valence-electron chi connectivity index (χ3n) is 2.18. The van der Waals surface area contributed by atoms with Gasteiger partial charge >= 0.3 is 0 Å². The Labute approximate surface area is 82.9 Å². The van der Waals surface area contributed by atoms with Gasteiger partial charge in [-0.3, -0.25) is 0 Å². The largest absolute Gasteiger partial charge is 0.497 e. The molecule has 0 bridgehead atoms. The molecule has 0 aliphatic carbocycles. The Kier molecular flexibility index (Phi) is 2.16. The first-order valence-corrected chi connectivity index (χ1v) is 4.42. The predicted octanol–water partition coefficient (Wildman–Crippen LogP) is 2.35. The standard InChI is InChI=1S/C12H11NO/c1-3-4-10-7-9-8-11(14-2)5-6-12(9)13-10/h1,5-8,13H,4H2,2H3. The molecule has 1 heterocycles. The summed E-state index contributed by atoms with van der Waals surface area (Å²) in [6.07, 6.45) is 5.88. The van der Waals surface area contributed by atoms with E-state index in [1.807, 2.05) is 18.2 Å². The molecule has 0 unspecified atom stereocenters. The number of terminal acetylenes is 1. The molecular formula is C12H11NO. The number of nitrogens with one attached hydrogen (secondary N) is 1. The first-order chi connectivity index (χ1) is 6.83. The van der Waals surface area contributed by atoms with Crippen molar-refractivity contribution in [3.63, 3.8) is 0 Å². The number of hydrogen-bond acceptors (Lipinski definition) is 1. The molecule has 1 aromatic carbocycles. The second-order valence-corrected chi connectivity index (χ2v) is 3.13. The van der Waals surface area contributed by atoms with E-state index >= 15 is 0 Å². The van der Waals surface area contributed by atoms with Crippen LogP contribution in [-0.2, 0) is 6.42 Å². The average molecular weight is 185 g/mol. The minimum absolute atomic E-state index is 0.636. The molecule has 1 N–H and O–H groups in total.